The Labute approximate surface area is 96.6 Å². The number of benzene rings is 1. The molecule has 0 saturated heterocycles. The molecule has 0 bridgehead atoms. The predicted molar refractivity (Wildman–Crippen MR) is 57.4 cm³/mol. The van der Waals surface area contributed by atoms with Crippen molar-refractivity contribution in [2.75, 3.05) is 13.2 Å². The highest BCUT2D eigenvalue weighted by molar-refractivity contribution is 7.89. The summed E-state index contributed by atoms with van der Waals surface area (Å²) in [5.74, 6) is 0. The number of sulfonamides is 1. The van der Waals surface area contributed by atoms with Gasteiger partial charge in [-0.05, 0) is 12.1 Å². The van der Waals surface area contributed by atoms with E-state index in [0.29, 0.717) is 12.1 Å². The van der Waals surface area contributed by atoms with Crippen molar-refractivity contribution in [1.29, 1.82) is 0 Å². The van der Waals surface area contributed by atoms with Crippen molar-refractivity contribution in [3.63, 3.8) is 0 Å². The molecule has 0 heterocycles. The van der Waals surface area contributed by atoms with Crippen molar-refractivity contribution in [3.8, 4) is 0 Å². The Morgan fingerprint density at radius 1 is 1.18 bits per heavy atom. The van der Waals surface area contributed by atoms with Gasteiger partial charge < -0.3 is 18.1 Å². The zero-order chi connectivity index (χ0) is 13.1. The summed E-state index contributed by atoms with van der Waals surface area (Å²) in [5, 5.41) is 8.45. The van der Waals surface area contributed by atoms with Gasteiger partial charge in [0.15, 0.2) is 0 Å². The van der Waals surface area contributed by atoms with Gasteiger partial charge >= 0.3 is 6.98 Å². The molecule has 4 nitrogen and oxygen atoms in total. The number of hydrogen-bond acceptors (Lipinski definition) is 3. The molecule has 1 aromatic carbocycles. The van der Waals surface area contributed by atoms with Gasteiger partial charge in [-0.2, -0.15) is 0 Å². The van der Waals surface area contributed by atoms with Crippen molar-refractivity contribution in [2.45, 2.75) is 4.90 Å². The van der Waals surface area contributed by atoms with Crippen LogP contribution in [0.4, 0.5) is 12.9 Å². The Morgan fingerprint density at radius 2 is 1.71 bits per heavy atom. The monoisotopic (exact) mass is 268 g/mol. The maximum Gasteiger partial charge on any atom is 0.509 e. The third kappa shape index (κ3) is 3.72. The molecule has 96 valence electrons. The highest BCUT2D eigenvalue weighted by Gasteiger charge is 2.25. The van der Waals surface area contributed by atoms with Crippen molar-refractivity contribution in [2.24, 2.45) is 0 Å². The fourth-order valence-corrected chi connectivity index (χ4v) is 2.15. The molecule has 2 N–H and O–H groups in total. The standard InChI is InChI=1S/C8H10BF3NO3S/c10-9(11,12)7-1-3-8(4-2-7)17(15,16)13-5-6-14/h1-4,13-14H,5-6H2/q-1. The van der Waals surface area contributed by atoms with Gasteiger partial charge in [0.25, 0.3) is 0 Å². The van der Waals surface area contributed by atoms with Gasteiger partial charge in [0.05, 0.1) is 11.5 Å². The summed E-state index contributed by atoms with van der Waals surface area (Å²) in [6, 6.07) is 3.19. The SMILES string of the molecule is O=S(=O)(NCCO)c1ccc([B-](F)(F)F)cc1. The van der Waals surface area contributed by atoms with Gasteiger partial charge in [-0.25, -0.2) is 13.1 Å². The van der Waals surface area contributed by atoms with Gasteiger partial charge in [0.1, 0.15) is 0 Å². The van der Waals surface area contributed by atoms with E-state index < -0.39 is 22.5 Å². The first kappa shape index (κ1) is 14.0. The third-order valence-electron chi connectivity index (χ3n) is 1.97. The number of aliphatic hydroxyl groups excluding tert-OH is 1. The molecule has 0 atom stereocenters. The molecule has 0 aliphatic carbocycles. The Morgan fingerprint density at radius 3 is 2.12 bits per heavy atom. The van der Waals surface area contributed by atoms with Crippen LogP contribution in [0, 0.1) is 0 Å². The van der Waals surface area contributed by atoms with Crippen LogP contribution >= 0.6 is 0 Å². The van der Waals surface area contributed by atoms with Crippen molar-refractivity contribution in [1.82, 2.24) is 4.72 Å². The largest absolute Gasteiger partial charge is 0.509 e. The van der Waals surface area contributed by atoms with Crippen molar-refractivity contribution in [3.05, 3.63) is 24.3 Å². The maximum absolute atomic E-state index is 12.3. The fraction of sp³-hybridized carbons (Fsp3) is 0.250. The van der Waals surface area contributed by atoms with Crippen LogP contribution in [0.5, 0.6) is 0 Å². The van der Waals surface area contributed by atoms with Crippen LogP contribution in [0.2, 0.25) is 0 Å². The van der Waals surface area contributed by atoms with Gasteiger partial charge in [0, 0.05) is 6.54 Å². The number of aliphatic hydroxyl groups is 1. The highest BCUT2D eigenvalue weighted by atomic mass is 32.2. The number of hydrogen-bond donors (Lipinski definition) is 2. The molecule has 17 heavy (non-hydrogen) atoms. The average Bonchev–Trinajstić information content (AvgIpc) is 2.25. The van der Waals surface area contributed by atoms with Crippen LogP contribution in [-0.2, 0) is 10.0 Å². The minimum Gasteiger partial charge on any atom is -0.445 e. The van der Waals surface area contributed by atoms with Crippen LogP contribution in [0.25, 0.3) is 0 Å². The molecular weight excluding hydrogens is 258 g/mol. The molecule has 1 aromatic rings. The lowest BCUT2D eigenvalue weighted by Gasteiger charge is -2.15. The lowest BCUT2D eigenvalue weighted by Crippen LogP contribution is -2.34. The lowest BCUT2D eigenvalue weighted by molar-refractivity contribution is 0.301. The number of halogens is 3. The molecule has 1 rings (SSSR count). The van der Waals surface area contributed by atoms with Gasteiger partial charge in [0.2, 0.25) is 10.0 Å². The molecule has 0 fully saturated rings. The summed E-state index contributed by atoms with van der Waals surface area (Å²) < 4.78 is 61.8. The average molecular weight is 268 g/mol. The molecule has 0 saturated carbocycles. The molecule has 0 aliphatic heterocycles. The van der Waals surface area contributed by atoms with E-state index in [2.05, 4.69) is 0 Å². The normalized spacial score (nSPS) is 12.7. The Balaban J connectivity index is 2.95. The van der Waals surface area contributed by atoms with E-state index in [1.807, 2.05) is 4.72 Å². The molecule has 0 radical (unpaired) electrons. The summed E-state index contributed by atoms with van der Waals surface area (Å²) in [7, 11) is -3.86. The number of nitrogens with one attached hydrogen (secondary N) is 1. The molecule has 0 amide bonds. The Bertz CT molecular complexity index is 472. The summed E-state index contributed by atoms with van der Waals surface area (Å²) in [6.45, 7) is -5.70. The zero-order valence-electron chi connectivity index (χ0n) is 8.61. The molecule has 0 spiro atoms. The molecule has 0 unspecified atom stereocenters. The van der Waals surface area contributed by atoms with Gasteiger partial charge in [-0.15, -0.1) is 5.46 Å². The second-order valence-electron chi connectivity index (χ2n) is 3.27. The maximum atomic E-state index is 12.3. The summed E-state index contributed by atoms with van der Waals surface area (Å²) in [6.07, 6.45) is 0. The van der Waals surface area contributed by atoms with E-state index in [0.717, 1.165) is 12.1 Å². The lowest BCUT2D eigenvalue weighted by atomic mass is 9.80. The van der Waals surface area contributed by atoms with E-state index in [1.165, 1.54) is 0 Å². The smallest absolute Gasteiger partial charge is 0.445 e. The summed E-state index contributed by atoms with van der Waals surface area (Å²) in [5.41, 5.74) is -0.855. The van der Waals surface area contributed by atoms with Crippen LogP contribution in [-0.4, -0.2) is 33.7 Å². The first-order valence-corrected chi connectivity index (χ1v) is 6.16. The molecule has 0 aromatic heterocycles. The van der Waals surface area contributed by atoms with E-state index >= 15 is 0 Å². The van der Waals surface area contributed by atoms with Crippen LogP contribution in [0.3, 0.4) is 0 Å². The van der Waals surface area contributed by atoms with Crippen molar-refractivity contribution < 1.29 is 26.5 Å². The Kier molecular flexibility index (Phi) is 4.18. The minimum absolute atomic E-state index is 0.187. The highest BCUT2D eigenvalue weighted by Crippen LogP contribution is 2.12. The van der Waals surface area contributed by atoms with Crippen molar-refractivity contribution >= 4 is 22.5 Å². The van der Waals surface area contributed by atoms with E-state index in [1.54, 1.807) is 0 Å². The minimum atomic E-state index is -5.13. The molecule has 9 heteroatoms. The molecule has 0 aliphatic rings. The fourth-order valence-electron chi connectivity index (χ4n) is 1.13. The van der Waals surface area contributed by atoms with E-state index in [9.17, 15) is 21.4 Å². The van der Waals surface area contributed by atoms with E-state index in [4.69, 9.17) is 5.11 Å². The Hall–Kier alpha value is -1.06. The van der Waals surface area contributed by atoms with Crippen LogP contribution in [0.15, 0.2) is 29.2 Å². The van der Waals surface area contributed by atoms with Gasteiger partial charge in [-0.3, -0.25) is 0 Å². The van der Waals surface area contributed by atoms with Crippen LogP contribution in [0.1, 0.15) is 0 Å². The first-order chi connectivity index (χ1) is 7.77. The first-order valence-electron chi connectivity index (χ1n) is 4.68. The van der Waals surface area contributed by atoms with E-state index in [-0.39, 0.29) is 18.0 Å². The third-order valence-corrected chi connectivity index (χ3v) is 3.45. The van der Waals surface area contributed by atoms with Crippen LogP contribution < -0.4 is 10.2 Å². The zero-order valence-corrected chi connectivity index (χ0v) is 9.42. The van der Waals surface area contributed by atoms with Gasteiger partial charge in [-0.1, -0.05) is 12.1 Å². The summed E-state index contributed by atoms with van der Waals surface area (Å²) in [4.78, 5) is -0.269. The summed E-state index contributed by atoms with van der Waals surface area (Å²) >= 11 is 0. The number of rotatable bonds is 5. The topological polar surface area (TPSA) is 66.4 Å². The second kappa shape index (κ2) is 5.07. The second-order valence-corrected chi connectivity index (χ2v) is 5.03. The predicted octanol–water partition coefficient (Wildman–Crippen LogP) is 0.0116. The molecular formula is C8H10BF3NO3S-. The quantitative estimate of drug-likeness (QED) is 0.739.